The number of rotatable bonds is 7. The normalized spacial score (nSPS) is 10.3. The zero-order valence-electron chi connectivity index (χ0n) is 11.2. The number of amides is 1. The molecular weight excluding hydrogens is 246 g/mol. The minimum absolute atomic E-state index is 0.00242. The molecule has 0 aliphatic heterocycles. The van der Waals surface area contributed by atoms with E-state index in [4.69, 9.17) is 9.84 Å². The van der Waals surface area contributed by atoms with Crippen LogP contribution in [-0.2, 0) is 9.59 Å². The van der Waals surface area contributed by atoms with Crippen LogP contribution in [0.2, 0.25) is 0 Å². The van der Waals surface area contributed by atoms with E-state index in [9.17, 15) is 9.59 Å². The molecule has 0 aliphatic carbocycles. The lowest BCUT2D eigenvalue weighted by molar-refractivity contribution is -0.137. The summed E-state index contributed by atoms with van der Waals surface area (Å²) >= 11 is 0. The molecule has 0 saturated carbocycles. The first-order valence-electron chi connectivity index (χ1n) is 6.26. The second kappa shape index (κ2) is 7.41. The van der Waals surface area contributed by atoms with Gasteiger partial charge in [0, 0.05) is 12.8 Å². The molecular formula is C14H19NO4. The maximum Gasteiger partial charge on any atom is 0.303 e. The fourth-order valence-electron chi connectivity index (χ4n) is 1.54. The van der Waals surface area contributed by atoms with Gasteiger partial charge in [-0.05, 0) is 32.4 Å². The second-order valence-electron chi connectivity index (χ2n) is 4.46. The molecule has 5 heteroatoms. The van der Waals surface area contributed by atoms with E-state index in [0.29, 0.717) is 17.9 Å². The van der Waals surface area contributed by atoms with Gasteiger partial charge in [-0.2, -0.15) is 0 Å². The van der Waals surface area contributed by atoms with Crippen molar-refractivity contribution in [3.63, 3.8) is 0 Å². The van der Waals surface area contributed by atoms with Crippen molar-refractivity contribution in [1.82, 2.24) is 0 Å². The van der Waals surface area contributed by atoms with Gasteiger partial charge in [-0.3, -0.25) is 9.59 Å². The summed E-state index contributed by atoms with van der Waals surface area (Å²) in [6.45, 7) is 3.82. The molecule has 0 heterocycles. The van der Waals surface area contributed by atoms with E-state index in [-0.39, 0.29) is 24.9 Å². The summed E-state index contributed by atoms with van der Waals surface area (Å²) in [7, 11) is 0. The van der Waals surface area contributed by atoms with E-state index in [1.165, 1.54) is 0 Å². The Morgan fingerprint density at radius 3 is 2.58 bits per heavy atom. The molecule has 1 amide bonds. The number of carboxylic acid groups (broad SMARTS) is 1. The molecule has 0 aromatic heterocycles. The average molecular weight is 265 g/mol. The standard InChI is InChI=1S/C14H19NO4/c1-10(2)19-12-7-4-3-6-11(12)15-13(16)8-5-9-14(17)18/h3-4,6-7,10H,5,8-9H2,1-2H3,(H,15,16)(H,17,18). The number of carboxylic acids is 1. The summed E-state index contributed by atoms with van der Waals surface area (Å²) in [5, 5.41) is 11.2. The van der Waals surface area contributed by atoms with Crippen molar-refractivity contribution < 1.29 is 19.4 Å². The lowest BCUT2D eigenvalue weighted by Crippen LogP contribution is -2.14. The van der Waals surface area contributed by atoms with E-state index in [1.54, 1.807) is 18.2 Å². The van der Waals surface area contributed by atoms with Crippen LogP contribution in [0.1, 0.15) is 33.1 Å². The number of carbonyl (C=O) groups excluding carboxylic acids is 1. The van der Waals surface area contributed by atoms with Crippen molar-refractivity contribution in [2.24, 2.45) is 0 Å². The highest BCUT2D eigenvalue weighted by atomic mass is 16.5. The molecule has 19 heavy (non-hydrogen) atoms. The monoisotopic (exact) mass is 265 g/mol. The Kier molecular flexibility index (Phi) is 5.85. The molecule has 0 unspecified atom stereocenters. The van der Waals surface area contributed by atoms with Gasteiger partial charge in [-0.25, -0.2) is 0 Å². The van der Waals surface area contributed by atoms with Gasteiger partial charge in [-0.15, -0.1) is 0 Å². The third-order valence-electron chi connectivity index (χ3n) is 2.32. The number of hydrogen-bond acceptors (Lipinski definition) is 3. The van der Waals surface area contributed by atoms with Crippen LogP contribution < -0.4 is 10.1 Å². The summed E-state index contributed by atoms with van der Waals surface area (Å²) < 4.78 is 5.58. The number of benzene rings is 1. The SMILES string of the molecule is CC(C)Oc1ccccc1NC(=O)CCCC(=O)O. The average Bonchev–Trinajstić information content (AvgIpc) is 2.30. The van der Waals surface area contributed by atoms with E-state index in [1.807, 2.05) is 19.9 Å². The van der Waals surface area contributed by atoms with Crippen LogP contribution in [0.4, 0.5) is 5.69 Å². The summed E-state index contributed by atoms with van der Waals surface area (Å²) in [5.74, 6) is -0.485. The van der Waals surface area contributed by atoms with Gasteiger partial charge < -0.3 is 15.2 Å². The van der Waals surface area contributed by atoms with E-state index < -0.39 is 5.97 Å². The van der Waals surface area contributed by atoms with Crippen LogP contribution in [0.15, 0.2) is 24.3 Å². The fraction of sp³-hybridized carbons (Fsp3) is 0.429. The summed E-state index contributed by atoms with van der Waals surface area (Å²) in [4.78, 5) is 22.0. The molecule has 0 saturated heterocycles. The maximum absolute atomic E-state index is 11.7. The summed E-state index contributed by atoms with van der Waals surface area (Å²) in [5.41, 5.74) is 0.608. The Morgan fingerprint density at radius 1 is 1.26 bits per heavy atom. The number of ether oxygens (including phenoxy) is 1. The Bertz CT molecular complexity index is 443. The highest BCUT2D eigenvalue weighted by molar-refractivity contribution is 5.92. The Hall–Kier alpha value is -2.04. The minimum atomic E-state index is -0.892. The van der Waals surface area contributed by atoms with Gasteiger partial charge in [0.05, 0.1) is 11.8 Å². The molecule has 1 aromatic rings. The molecule has 2 N–H and O–H groups in total. The van der Waals surface area contributed by atoms with E-state index in [0.717, 1.165) is 0 Å². The van der Waals surface area contributed by atoms with Crippen molar-refractivity contribution in [1.29, 1.82) is 0 Å². The molecule has 5 nitrogen and oxygen atoms in total. The van der Waals surface area contributed by atoms with Crippen LogP contribution >= 0.6 is 0 Å². The predicted octanol–water partition coefficient (Wildman–Crippen LogP) is 2.67. The predicted molar refractivity (Wildman–Crippen MR) is 72.3 cm³/mol. The van der Waals surface area contributed by atoms with Crippen LogP contribution in [0.3, 0.4) is 0 Å². The third-order valence-corrected chi connectivity index (χ3v) is 2.32. The maximum atomic E-state index is 11.7. The number of hydrogen-bond donors (Lipinski definition) is 2. The molecule has 104 valence electrons. The molecule has 0 bridgehead atoms. The number of anilines is 1. The quantitative estimate of drug-likeness (QED) is 0.794. The molecule has 0 fully saturated rings. The van der Waals surface area contributed by atoms with Crippen LogP contribution in [0.5, 0.6) is 5.75 Å². The van der Waals surface area contributed by atoms with Crippen molar-refractivity contribution in [3.8, 4) is 5.75 Å². The smallest absolute Gasteiger partial charge is 0.303 e. The molecule has 0 atom stereocenters. The number of nitrogens with one attached hydrogen (secondary N) is 1. The van der Waals surface area contributed by atoms with E-state index in [2.05, 4.69) is 5.32 Å². The van der Waals surface area contributed by atoms with Crippen molar-refractivity contribution >= 4 is 17.6 Å². The van der Waals surface area contributed by atoms with Gasteiger partial charge in [-0.1, -0.05) is 12.1 Å². The Labute approximate surface area is 112 Å². The zero-order valence-corrected chi connectivity index (χ0v) is 11.2. The van der Waals surface area contributed by atoms with E-state index >= 15 is 0 Å². The van der Waals surface area contributed by atoms with Gasteiger partial charge in [0.15, 0.2) is 0 Å². The molecule has 1 aromatic carbocycles. The van der Waals surface area contributed by atoms with Crippen LogP contribution in [0.25, 0.3) is 0 Å². The van der Waals surface area contributed by atoms with Crippen LogP contribution in [-0.4, -0.2) is 23.1 Å². The lowest BCUT2D eigenvalue weighted by atomic mass is 10.2. The van der Waals surface area contributed by atoms with Gasteiger partial charge in [0.2, 0.25) is 5.91 Å². The fourth-order valence-corrected chi connectivity index (χ4v) is 1.54. The summed E-state index contributed by atoms with van der Waals surface area (Å²) in [6.07, 6.45) is 0.527. The minimum Gasteiger partial charge on any atom is -0.489 e. The Morgan fingerprint density at radius 2 is 1.95 bits per heavy atom. The molecule has 0 spiro atoms. The Balaban J connectivity index is 2.56. The van der Waals surface area contributed by atoms with Crippen molar-refractivity contribution in [2.75, 3.05) is 5.32 Å². The first-order chi connectivity index (χ1) is 8.99. The largest absolute Gasteiger partial charge is 0.489 e. The highest BCUT2D eigenvalue weighted by Gasteiger charge is 2.09. The van der Waals surface area contributed by atoms with Crippen molar-refractivity contribution in [3.05, 3.63) is 24.3 Å². The number of para-hydroxylation sites is 2. The lowest BCUT2D eigenvalue weighted by Gasteiger charge is -2.14. The van der Waals surface area contributed by atoms with Crippen molar-refractivity contribution in [2.45, 2.75) is 39.2 Å². The number of aliphatic carboxylic acids is 1. The molecule has 0 radical (unpaired) electrons. The van der Waals surface area contributed by atoms with Gasteiger partial charge >= 0.3 is 5.97 Å². The summed E-state index contributed by atoms with van der Waals surface area (Å²) in [6, 6.07) is 7.18. The van der Waals surface area contributed by atoms with Gasteiger partial charge in [0.1, 0.15) is 5.75 Å². The van der Waals surface area contributed by atoms with Gasteiger partial charge in [0.25, 0.3) is 0 Å². The second-order valence-corrected chi connectivity index (χ2v) is 4.46. The number of carbonyl (C=O) groups is 2. The zero-order chi connectivity index (χ0) is 14.3. The van der Waals surface area contributed by atoms with Crippen LogP contribution in [0, 0.1) is 0 Å². The molecule has 0 aliphatic rings. The topological polar surface area (TPSA) is 75.6 Å². The first kappa shape index (κ1) is 15.0. The molecule has 1 rings (SSSR count). The first-order valence-corrected chi connectivity index (χ1v) is 6.26. The third kappa shape index (κ3) is 5.90. The highest BCUT2D eigenvalue weighted by Crippen LogP contribution is 2.25.